The largest absolute Gasteiger partial charge is 0.326 e. The summed E-state index contributed by atoms with van der Waals surface area (Å²) in [6.07, 6.45) is 0. The highest BCUT2D eigenvalue weighted by Crippen LogP contribution is 2.33. The van der Waals surface area contributed by atoms with Gasteiger partial charge >= 0.3 is 0 Å². The normalized spacial score (nSPS) is 10.3. The molecule has 0 aromatic heterocycles. The molecule has 0 spiro atoms. The maximum Gasteiger partial charge on any atom is 0.193 e. The molecule has 0 radical (unpaired) electrons. The molecule has 0 aliphatic rings. The van der Waals surface area contributed by atoms with Crippen molar-refractivity contribution in [3.8, 4) is 0 Å². The molecule has 2 rings (SSSR count). The Kier molecular flexibility index (Phi) is 7.81. The molecular weight excluding hydrogens is 446 g/mol. The van der Waals surface area contributed by atoms with Crippen molar-refractivity contribution in [1.82, 2.24) is 0 Å². The summed E-state index contributed by atoms with van der Waals surface area (Å²) >= 11 is 24.2. The summed E-state index contributed by atoms with van der Waals surface area (Å²) in [5.41, 5.74) is 13.1. The van der Waals surface area contributed by atoms with Crippen molar-refractivity contribution in [3.63, 3.8) is 0 Å². The molecule has 0 fully saturated rings. The molecule has 2 aromatic rings. The first-order valence-corrected chi connectivity index (χ1v) is 7.82. The van der Waals surface area contributed by atoms with Gasteiger partial charge < -0.3 is 11.5 Å². The SMILES string of the molecule is Br.NCc1c(C(=O)c2ccc(Cl)c(Cl)c2CN)ccc(Cl)c1Cl. The van der Waals surface area contributed by atoms with Gasteiger partial charge in [-0.1, -0.05) is 46.4 Å². The Balaban J connectivity index is 0.00000264. The zero-order chi connectivity index (χ0) is 16.4. The van der Waals surface area contributed by atoms with E-state index in [1.807, 2.05) is 0 Å². The fraction of sp³-hybridized carbons (Fsp3) is 0.133. The van der Waals surface area contributed by atoms with Crippen molar-refractivity contribution < 1.29 is 4.79 Å². The molecule has 3 nitrogen and oxygen atoms in total. The molecule has 0 aliphatic carbocycles. The van der Waals surface area contributed by atoms with E-state index in [0.29, 0.717) is 32.3 Å². The van der Waals surface area contributed by atoms with Crippen molar-refractivity contribution in [2.45, 2.75) is 13.1 Å². The van der Waals surface area contributed by atoms with Crippen LogP contribution in [0.15, 0.2) is 24.3 Å². The van der Waals surface area contributed by atoms with Gasteiger partial charge in [-0.2, -0.15) is 0 Å². The van der Waals surface area contributed by atoms with Gasteiger partial charge in [0.15, 0.2) is 5.78 Å². The van der Waals surface area contributed by atoms with Crippen LogP contribution < -0.4 is 11.5 Å². The zero-order valence-electron chi connectivity index (χ0n) is 11.7. The van der Waals surface area contributed by atoms with Gasteiger partial charge in [0, 0.05) is 24.2 Å². The number of nitrogens with two attached hydrogens (primary N) is 2. The van der Waals surface area contributed by atoms with E-state index in [9.17, 15) is 4.79 Å². The summed E-state index contributed by atoms with van der Waals surface area (Å²) in [4.78, 5) is 12.8. The monoisotopic (exact) mass is 456 g/mol. The van der Waals surface area contributed by atoms with Crippen molar-refractivity contribution >= 4 is 69.2 Å². The smallest absolute Gasteiger partial charge is 0.193 e. The van der Waals surface area contributed by atoms with E-state index < -0.39 is 0 Å². The zero-order valence-corrected chi connectivity index (χ0v) is 16.4. The van der Waals surface area contributed by atoms with E-state index in [2.05, 4.69) is 0 Å². The van der Waals surface area contributed by atoms with E-state index in [-0.39, 0.29) is 45.9 Å². The second-order valence-electron chi connectivity index (χ2n) is 4.51. The lowest BCUT2D eigenvalue weighted by molar-refractivity contribution is 0.103. The number of benzene rings is 2. The van der Waals surface area contributed by atoms with Gasteiger partial charge in [0.1, 0.15) is 0 Å². The van der Waals surface area contributed by atoms with Gasteiger partial charge in [-0.3, -0.25) is 4.79 Å². The lowest BCUT2D eigenvalue weighted by Gasteiger charge is -2.14. The Labute approximate surface area is 164 Å². The summed E-state index contributed by atoms with van der Waals surface area (Å²) in [7, 11) is 0. The summed E-state index contributed by atoms with van der Waals surface area (Å²) in [5.74, 6) is -0.280. The molecule has 0 amide bonds. The predicted molar refractivity (Wildman–Crippen MR) is 102 cm³/mol. The average Bonchev–Trinajstić information content (AvgIpc) is 2.51. The van der Waals surface area contributed by atoms with Gasteiger partial charge in [0.25, 0.3) is 0 Å². The first kappa shape index (κ1) is 20.7. The third-order valence-electron chi connectivity index (χ3n) is 3.29. The lowest BCUT2D eigenvalue weighted by atomic mass is 9.95. The Hall–Kier alpha value is -0.330. The van der Waals surface area contributed by atoms with Crippen LogP contribution in [0.25, 0.3) is 0 Å². The van der Waals surface area contributed by atoms with Crippen LogP contribution in [0.2, 0.25) is 20.1 Å². The Morgan fingerprint density at radius 2 is 1.13 bits per heavy atom. The highest BCUT2D eigenvalue weighted by atomic mass is 79.9. The molecule has 0 bridgehead atoms. The number of rotatable bonds is 4. The maximum absolute atomic E-state index is 12.8. The molecule has 124 valence electrons. The van der Waals surface area contributed by atoms with Gasteiger partial charge in [-0.15, -0.1) is 17.0 Å². The van der Waals surface area contributed by atoms with Crippen LogP contribution in [0.3, 0.4) is 0 Å². The van der Waals surface area contributed by atoms with Crippen LogP contribution in [0.1, 0.15) is 27.0 Å². The Morgan fingerprint density at radius 1 is 0.783 bits per heavy atom. The summed E-state index contributed by atoms with van der Waals surface area (Å²) < 4.78 is 0. The fourth-order valence-corrected chi connectivity index (χ4v) is 2.99. The van der Waals surface area contributed by atoms with Crippen molar-refractivity contribution in [2.75, 3.05) is 0 Å². The quantitative estimate of drug-likeness (QED) is 0.631. The minimum atomic E-state index is -0.280. The van der Waals surface area contributed by atoms with Gasteiger partial charge in [-0.05, 0) is 35.4 Å². The van der Waals surface area contributed by atoms with E-state index >= 15 is 0 Å². The van der Waals surface area contributed by atoms with E-state index in [0.717, 1.165) is 0 Å². The molecule has 0 aliphatic heterocycles. The van der Waals surface area contributed by atoms with Crippen LogP contribution in [-0.2, 0) is 13.1 Å². The molecule has 0 unspecified atom stereocenters. The molecule has 0 atom stereocenters. The topological polar surface area (TPSA) is 69.1 Å². The first-order chi connectivity index (χ1) is 10.4. The number of hydrogen-bond acceptors (Lipinski definition) is 3. The minimum absolute atomic E-state index is 0. The molecular formula is C15H13BrCl4N2O. The van der Waals surface area contributed by atoms with Gasteiger partial charge in [0.2, 0.25) is 0 Å². The van der Waals surface area contributed by atoms with Crippen molar-refractivity contribution in [3.05, 3.63) is 66.6 Å². The van der Waals surface area contributed by atoms with Gasteiger partial charge in [-0.25, -0.2) is 0 Å². The number of carbonyl (C=O) groups excluding carboxylic acids is 1. The van der Waals surface area contributed by atoms with Gasteiger partial charge in [0.05, 0.1) is 20.1 Å². The standard InChI is InChI=1S/C15H12Cl4N2O.BrH/c16-11-3-1-7(9(5-20)13(11)18)15(22)8-2-4-12(17)14(19)10(8)6-21;/h1-4H,5-6,20-21H2;1H. The van der Waals surface area contributed by atoms with E-state index in [1.165, 1.54) is 0 Å². The van der Waals surface area contributed by atoms with E-state index in [4.69, 9.17) is 57.9 Å². The summed E-state index contributed by atoms with van der Waals surface area (Å²) in [5, 5.41) is 1.22. The summed E-state index contributed by atoms with van der Waals surface area (Å²) in [6, 6.07) is 6.27. The molecule has 8 heteroatoms. The third-order valence-corrected chi connectivity index (χ3v) is 4.98. The van der Waals surface area contributed by atoms with Crippen LogP contribution in [0, 0.1) is 0 Å². The summed E-state index contributed by atoms with van der Waals surface area (Å²) in [6.45, 7) is 0.166. The van der Waals surface area contributed by atoms with Crippen LogP contribution in [0.5, 0.6) is 0 Å². The number of ketones is 1. The lowest BCUT2D eigenvalue weighted by Crippen LogP contribution is -2.13. The van der Waals surface area contributed by atoms with Crippen molar-refractivity contribution in [1.29, 1.82) is 0 Å². The van der Waals surface area contributed by atoms with Crippen LogP contribution in [-0.4, -0.2) is 5.78 Å². The number of carbonyl (C=O) groups is 1. The first-order valence-electron chi connectivity index (χ1n) is 6.31. The van der Waals surface area contributed by atoms with E-state index in [1.54, 1.807) is 24.3 Å². The third kappa shape index (κ3) is 4.02. The Bertz CT molecular complexity index is 691. The molecule has 0 heterocycles. The Morgan fingerprint density at radius 3 is 1.43 bits per heavy atom. The highest BCUT2D eigenvalue weighted by molar-refractivity contribution is 8.93. The predicted octanol–water partition coefficient (Wildman–Crippen LogP) is 5.03. The molecule has 0 saturated carbocycles. The van der Waals surface area contributed by atoms with Crippen molar-refractivity contribution in [2.24, 2.45) is 11.5 Å². The maximum atomic E-state index is 12.8. The molecule has 2 aromatic carbocycles. The number of halogens is 5. The second-order valence-corrected chi connectivity index (χ2v) is 6.08. The minimum Gasteiger partial charge on any atom is -0.326 e. The molecule has 0 saturated heterocycles. The van der Waals surface area contributed by atoms with Crippen LogP contribution >= 0.6 is 63.4 Å². The molecule has 4 N–H and O–H groups in total. The van der Waals surface area contributed by atoms with Crippen LogP contribution in [0.4, 0.5) is 0 Å². The molecule has 23 heavy (non-hydrogen) atoms. The second kappa shape index (κ2) is 8.67. The fourth-order valence-electron chi connectivity index (χ4n) is 2.15. The number of hydrogen-bond donors (Lipinski definition) is 2. The highest BCUT2D eigenvalue weighted by Gasteiger charge is 2.21. The average molecular weight is 459 g/mol.